The van der Waals surface area contributed by atoms with Crippen LogP contribution in [0, 0.1) is 0 Å². The van der Waals surface area contributed by atoms with E-state index in [1.54, 1.807) is 7.11 Å². The van der Waals surface area contributed by atoms with Crippen molar-refractivity contribution >= 4 is 11.8 Å². The number of hydrogen-bond acceptors (Lipinski definition) is 4. The number of carboxylic acid groups (broad SMARTS) is 1. The third-order valence-corrected chi connectivity index (χ3v) is 1.98. The first-order valence-electron chi connectivity index (χ1n) is 4.59. The molecule has 0 aliphatic rings. The molecule has 1 unspecified atom stereocenters. The third-order valence-electron chi connectivity index (χ3n) is 1.98. The molecule has 1 aromatic heterocycles. The van der Waals surface area contributed by atoms with Crippen LogP contribution in [-0.2, 0) is 4.74 Å². The summed E-state index contributed by atoms with van der Waals surface area (Å²) < 4.78 is 5.04. The highest BCUT2D eigenvalue weighted by atomic mass is 16.5. The lowest BCUT2D eigenvalue weighted by atomic mass is 10.2. The molecule has 0 radical (unpaired) electrons. The van der Waals surface area contributed by atoms with Gasteiger partial charge in [0.15, 0.2) is 0 Å². The summed E-state index contributed by atoms with van der Waals surface area (Å²) in [5, 5.41) is 11.7. The standard InChI is InChI=1S/C10H14N2O3/c1-7(15-2)6-12-9-5-8(10(13)14)3-4-11-9/h3-5,7H,6H2,1-2H3,(H,11,12)(H,13,14). The second kappa shape index (κ2) is 5.31. The number of carboxylic acids is 1. The fourth-order valence-electron chi connectivity index (χ4n) is 0.992. The zero-order valence-corrected chi connectivity index (χ0v) is 8.73. The predicted molar refractivity (Wildman–Crippen MR) is 56.2 cm³/mol. The number of nitrogens with one attached hydrogen (secondary N) is 1. The van der Waals surface area contributed by atoms with Gasteiger partial charge in [-0.05, 0) is 19.1 Å². The van der Waals surface area contributed by atoms with E-state index in [0.717, 1.165) is 0 Å². The van der Waals surface area contributed by atoms with Crippen LogP contribution < -0.4 is 5.32 Å². The van der Waals surface area contributed by atoms with Gasteiger partial charge in [-0.25, -0.2) is 9.78 Å². The van der Waals surface area contributed by atoms with Gasteiger partial charge in [-0.2, -0.15) is 0 Å². The Bertz CT molecular complexity index is 341. The second-order valence-electron chi connectivity index (χ2n) is 3.16. The molecular weight excluding hydrogens is 196 g/mol. The van der Waals surface area contributed by atoms with E-state index in [9.17, 15) is 4.79 Å². The van der Waals surface area contributed by atoms with Crippen LogP contribution in [0.3, 0.4) is 0 Å². The molecule has 0 amide bonds. The Labute approximate surface area is 88.1 Å². The lowest BCUT2D eigenvalue weighted by molar-refractivity contribution is 0.0697. The number of hydrogen-bond donors (Lipinski definition) is 2. The summed E-state index contributed by atoms with van der Waals surface area (Å²) in [4.78, 5) is 14.7. The number of pyridine rings is 1. The summed E-state index contributed by atoms with van der Waals surface area (Å²) in [6.45, 7) is 2.50. The maximum absolute atomic E-state index is 10.7. The number of rotatable bonds is 5. The minimum atomic E-state index is -0.958. The Hall–Kier alpha value is -1.62. The summed E-state index contributed by atoms with van der Waals surface area (Å²) in [5.41, 5.74) is 0.220. The van der Waals surface area contributed by atoms with Crippen LogP contribution in [0.25, 0.3) is 0 Å². The van der Waals surface area contributed by atoms with Crippen molar-refractivity contribution in [2.45, 2.75) is 13.0 Å². The van der Waals surface area contributed by atoms with Gasteiger partial charge in [-0.3, -0.25) is 0 Å². The third kappa shape index (κ3) is 3.55. The molecule has 2 N–H and O–H groups in total. The van der Waals surface area contributed by atoms with E-state index >= 15 is 0 Å². The average Bonchev–Trinajstić information content (AvgIpc) is 2.26. The first-order chi connectivity index (χ1) is 7.13. The lowest BCUT2D eigenvalue weighted by Crippen LogP contribution is -2.18. The Morgan fingerprint density at radius 2 is 2.47 bits per heavy atom. The number of aromatic nitrogens is 1. The summed E-state index contributed by atoms with van der Waals surface area (Å²) in [5.74, 6) is -0.418. The van der Waals surface area contributed by atoms with Crippen LogP contribution in [-0.4, -0.2) is 35.8 Å². The van der Waals surface area contributed by atoms with Crippen LogP contribution in [0.4, 0.5) is 5.82 Å². The zero-order chi connectivity index (χ0) is 11.3. The molecule has 0 saturated heterocycles. The molecule has 0 bridgehead atoms. The first kappa shape index (κ1) is 11.5. The smallest absolute Gasteiger partial charge is 0.335 e. The first-order valence-corrected chi connectivity index (χ1v) is 4.59. The van der Waals surface area contributed by atoms with Crippen molar-refractivity contribution in [2.24, 2.45) is 0 Å². The molecule has 1 atom stereocenters. The summed E-state index contributed by atoms with van der Waals surface area (Å²) >= 11 is 0. The van der Waals surface area contributed by atoms with E-state index in [1.165, 1.54) is 18.3 Å². The van der Waals surface area contributed by atoms with E-state index in [1.807, 2.05) is 6.92 Å². The van der Waals surface area contributed by atoms with E-state index < -0.39 is 5.97 Å². The summed E-state index contributed by atoms with van der Waals surface area (Å²) in [6, 6.07) is 2.94. The Balaban J connectivity index is 2.62. The highest BCUT2D eigenvalue weighted by Gasteiger charge is 2.04. The molecule has 0 saturated carbocycles. The molecule has 0 aliphatic heterocycles. The second-order valence-corrected chi connectivity index (χ2v) is 3.16. The van der Waals surface area contributed by atoms with E-state index in [0.29, 0.717) is 12.4 Å². The van der Waals surface area contributed by atoms with Gasteiger partial charge in [-0.15, -0.1) is 0 Å². The molecule has 5 nitrogen and oxygen atoms in total. The minimum Gasteiger partial charge on any atom is -0.478 e. The monoisotopic (exact) mass is 210 g/mol. The van der Waals surface area contributed by atoms with Gasteiger partial charge in [-0.1, -0.05) is 0 Å². The lowest BCUT2D eigenvalue weighted by Gasteiger charge is -2.11. The van der Waals surface area contributed by atoms with Crippen LogP contribution in [0.5, 0.6) is 0 Å². The van der Waals surface area contributed by atoms with Gasteiger partial charge < -0.3 is 15.2 Å². The van der Waals surface area contributed by atoms with Gasteiger partial charge >= 0.3 is 5.97 Å². The van der Waals surface area contributed by atoms with Crippen LogP contribution in [0.1, 0.15) is 17.3 Å². The molecule has 1 aromatic rings. The van der Waals surface area contributed by atoms with Gasteiger partial charge in [0, 0.05) is 19.9 Å². The van der Waals surface area contributed by atoms with Gasteiger partial charge in [0.1, 0.15) is 5.82 Å². The highest BCUT2D eigenvalue weighted by molar-refractivity contribution is 5.88. The fourth-order valence-corrected chi connectivity index (χ4v) is 0.992. The van der Waals surface area contributed by atoms with Gasteiger partial charge in [0.2, 0.25) is 0 Å². The SMILES string of the molecule is COC(C)CNc1cc(C(=O)O)ccn1. The molecule has 82 valence electrons. The molecule has 0 spiro atoms. The summed E-state index contributed by atoms with van der Waals surface area (Å²) in [6.07, 6.45) is 1.52. The number of aromatic carboxylic acids is 1. The Morgan fingerprint density at radius 3 is 3.07 bits per heavy atom. The van der Waals surface area contributed by atoms with Crippen molar-refractivity contribution < 1.29 is 14.6 Å². The predicted octanol–water partition coefficient (Wildman–Crippen LogP) is 1.23. The van der Waals surface area contributed by atoms with Crippen molar-refractivity contribution in [3.05, 3.63) is 23.9 Å². The van der Waals surface area contributed by atoms with Crippen LogP contribution in [0.2, 0.25) is 0 Å². The van der Waals surface area contributed by atoms with Crippen molar-refractivity contribution in [1.29, 1.82) is 0 Å². The molecule has 0 fully saturated rings. The molecule has 5 heteroatoms. The van der Waals surface area contributed by atoms with Crippen LogP contribution in [0.15, 0.2) is 18.3 Å². The molecule has 15 heavy (non-hydrogen) atoms. The molecular formula is C10H14N2O3. The van der Waals surface area contributed by atoms with Crippen molar-refractivity contribution in [1.82, 2.24) is 4.98 Å². The Morgan fingerprint density at radius 1 is 1.73 bits per heavy atom. The van der Waals surface area contributed by atoms with Crippen molar-refractivity contribution in [3.8, 4) is 0 Å². The largest absolute Gasteiger partial charge is 0.478 e. The molecule has 1 rings (SSSR count). The van der Waals surface area contributed by atoms with E-state index in [4.69, 9.17) is 9.84 Å². The maximum Gasteiger partial charge on any atom is 0.335 e. The number of carbonyl (C=O) groups is 1. The van der Waals surface area contributed by atoms with E-state index in [2.05, 4.69) is 10.3 Å². The highest BCUT2D eigenvalue weighted by Crippen LogP contribution is 2.06. The molecule has 1 heterocycles. The number of anilines is 1. The quantitative estimate of drug-likeness (QED) is 0.764. The number of methoxy groups -OCH3 is 1. The van der Waals surface area contributed by atoms with Crippen molar-refractivity contribution in [3.63, 3.8) is 0 Å². The number of nitrogens with zero attached hydrogens (tertiary/aromatic N) is 1. The molecule has 0 aromatic carbocycles. The molecule has 0 aliphatic carbocycles. The van der Waals surface area contributed by atoms with E-state index in [-0.39, 0.29) is 11.7 Å². The average molecular weight is 210 g/mol. The zero-order valence-electron chi connectivity index (χ0n) is 8.73. The van der Waals surface area contributed by atoms with Crippen molar-refractivity contribution in [2.75, 3.05) is 19.0 Å². The van der Waals surface area contributed by atoms with Crippen LogP contribution >= 0.6 is 0 Å². The van der Waals surface area contributed by atoms with Gasteiger partial charge in [0.25, 0.3) is 0 Å². The fraction of sp³-hybridized carbons (Fsp3) is 0.400. The minimum absolute atomic E-state index is 0.0558. The summed E-state index contributed by atoms with van der Waals surface area (Å²) in [7, 11) is 1.62. The topological polar surface area (TPSA) is 71.5 Å². The number of ether oxygens (including phenoxy) is 1. The maximum atomic E-state index is 10.7. The Kier molecular flexibility index (Phi) is 4.05. The van der Waals surface area contributed by atoms with Gasteiger partial charge in [0.05, 0.1) is 11.7 Å². The normalized spacial score (nSPS) is 12.1.